The number of likely N-dealkylation sites (N-methyl/N-ethyl adjacent to an activating group) is 2. The maximum atomic E-state index is 13.0. The zero-order valence-corrected chi connectivity index (χ0v) is 14.7. The van der Waals surface area contributed by atoms with E-state index in [4.69, 9.17) is 0 Å². The van der Waals surface area contributed by atoms with Gasteiger partial charge in [0.15, 0.2) is 0 Å². The van der Waals surface area contributed by atoms with Crippen molar-refractivity contribution in [3.05, 3.63) is 35.9 Å². The number of rotatable bonds is 5. The Morgan fingerprint density at radius 3 is 2.30 bits per heavy atom. The summed E-state index contributed by atoms with van der Waals surface area (Å²) < 4.78 is 0. The maximum absolute atomic E-state index is 13.0. The lowest BCUT2D eigenvalue weighted by molar-refractivity contribution is -0.157. The minimum Gasteiger partial charge on any atom is -0.380 e. The number of benzene rings is 1. The Balaban J connectivity index is 2.19. The van der Waals surface area contributed by atoms with E-state index in [2.05, 4.69) is 9.80 Å². The molecule has 1 unspecified atom stereocenters. The van der Waals surface area contributed by atoms with E-state index in [1.165, 1.54) is 0 Å². The summed E-state index contributed by atoms with van der Waals surface area (Å²) in [6.07, 6.45) is 0.992. The fourth-order valence-electron chi connectivity index (χ4n) is 3.14. The molecule has 0 spiro atoms. The topological polar surface area (TPSA) is 47.0 Å². The molecule has 1 heterocycles. The van der Waals surface area contributed by atoms with E-state index in [-0.39, 0.29) is 11.9 Å². The van der Waals surface area contributed by atoms with Crippen LogP contribution in [-0.4, -0.2) is 79.1 Å². The quantitative estimate of drug-likeness (QED) is 0.886. The van der Waals surface area contributed by atoms with Crippen LogP contribution in [0.4, 0.5) is 0 Å². The van der Waals surface area contributed by atoms with Crippen molar-refractivity contribution >= 4 is 5.91 Å². The predicted octanol–water partition coefficient (Wildman–Crippen LogP) is 1.20. The lowest BCUT2D eigenvalue weighted by atomic mass is 9.89. The molecule has 0 aliphatic carbocycles. The molecule has 23 heavy (non-hydrogen) atoms. The van der Waals surface area contributed by atoms with E-state index < -0.39 is 5.60 Å². The van der Waals surface area contributed by atoms with E-state index in [1.807, 2.05) is 51.5 Å². The average molecular weight is 319 g/mol. The van der Waals surface area contributed by atoms with Crippen LogP contribution in [0, 0.1) is 0 Å². The van der Waals surface area contributed by atoms with Crippen molar-refractivity contribution in [2.45, 2.75) is 24.5 Å². The Morgan fingerprint density at radius 1 is 1.22 bits per heavy atom. The van der Waals surface area contributed by atoms with Crippen LogP contribution < -0.4 is 0 Å². The minimum absolute atomic E-state index is 0.0672. The average Bonchev–Trinajstić information content (AvgIpc) is 2.55. The van der Waals surface area contributed by atoms with Gasteiger partial charge in [-0.05, 0) is 39.5 Å². The fourth-order valence-corrected chi connectivity index (χ4v) is 3.14. The molecular weight excluding hydrogens is 290 g/mol. The van der Waals surface area contributed by atoms with Crippen molar-refractivity contribution in [1.82, 2.24) is 14.7 Å². The van der Waals surface area contributed by atoms with Gasteiger partial charge in [-0.15, -0.1) is 0 Å². The molecule has 0 aromatic heterocycles. The first-order valence-corrected chi connectivity index (χ1v) is 8.21. The van der Waals surface area contributed by atoms with E-state index in [1.54, 1.807) is 11.9 Å². The number of nitrogens with zero attached hydrogens (tertiary/aromatic N) is 3. The molecule has 1 aromatic carbocycles. The van der Waals surface area contributed by atoms with Gasteiger partial charge in [0, 0.05) is 26.7 Å². The molecule has 1 fully saturated rings. The Labute approximate surface area is 139 Å². The SMILES string of the molecule is CN(C)CC(c1ccccc1)N(C)C(=O)C1(O)CCN(C)CC1. The third kappa shape index (κ3) is 4.31. The minimum atomic E-state index is -1.24. The largest absolute Gasteiger partial charge is 0.380 e. The van der Waals surface area contributed by atoms with Gasteiger partial charge in [-0.2, -0.15) is 0 Å². The summed E-state index contributed by atoms with van der Waals surface area (Å²) in [5.74, 6) is -0.165. The van der Waals surface area contributed by atoms with Crippen molar-refractivity contribution in [3.8, 4) is 0 Å². The predicted molar refractivity (Wildman–Crippen MR) is 92.2 cm³/mol. The Morgan fingerprint density at radius 2 is 1.78 bits per heavy atom. The zero-order chi connectivity index (χ0) is 17.0. The van der Waals surface area contributed by atoms with Gasteiger partial charge in [0.25, 0.3) is 5.91 Å². The summed E-state index contributed by atoms with van der Waals surface area (Å²) in [5, 5.41) is 10.8. The molecule has 2 rings (SSSR count). The third-order valence-corrected chi connectivity index (χ3v) is 4.72. The van der Waals surface area contributed by atoms with Gasteiger partial charge >= 0.3 is 0 Å². The van der Waals surface area contributed by atoms with E-state index in [0.717, 1.165) is 25.2 Å². The van der Waals surface area contributed by atoms with E-state index in [9.17, 15) is 9.90 Å². The van der Waals surface area contributed by atoms with Gasteiger partial charge in [0.1, 0.15) is 5.60 Å². The van der Waals surface area contributed by atoms with Crippen LogP contribution in [0.2, 0.25) is 0 Å². The second-order valence-corrected chi connectivity index (χ2v) is 6.94. The van der Waals surface area contributed by atoms with Crippen LogP contribution in [-0.2, 0) is 4.79 Å². The molecule has 1 N–H and O–H groups in total. The Bertz CT molecular complexity index is 510. The van der Waals surface area contributed by atoms with Gasteiger partial charge in [0.05, 0.1) is 6.04 Å². The molecule has 0 saturated carbocycles. The molecule has 1 aliphatic heterocycles. The lowest BCUT2D eigenvalue weighted by Gasteiger charge is -2.40. The highest BCUT2D eigenvalue weighted by molar-refractivity contribution is 5.85. The highest BCUT2D eigenvalue weighted by Crippen LogP contribution is 2.28. The van der Waals surface area contributed by atoms with Crippen LogP contribution in [0.1, 0.15) is 24.4 Å². The van der Waals surface area contributed by atoms with Crippen molar-refractivity contribution in [2.75, 3.05) is 47.8 Å². The Kier molecular flexibility index (Phi) is 5.79. The second-order valence-electron chi connectivity index (χ2n) is 6.94. The maximum Gasteiger partial charge on any atom is 0.254 e. The lowest BCUT2D eigenvalue weighted by Crippen LogP contribution is -2.54. The third-order valence-electron chi connectivity index (χ3n) is 4.72. The zero-order valence-electron chi connectivity index (χ0n) is 14.7. The summed E-state index contributed by atoms with van der Waals surface area (Å²) in [6, 6.07) is 9.96. The van der Waals surface area contributed by atoms with Crippen LogP contribution in [0.15, 0.2) is 30.3 Å². The monoisotopic (exact) mass is 319 g/mol. The first kappa shape index (κ1) is 17.9. The first-order valence-electron chi connectivity index (χ1n) is 8.21. The van der Waals surface area contributed by atoms with Crippen molar-refractivity contribution in [1.29, 1.82) is 0 Å². The Hall–Kier alpha value is -1.43. The molecule has 0 bridgehead atoms. The fraction of sp³-hybridized carbons (Fsp3) is 0.611. The number of piperidine rings is 1. The molecule has 0 radical (unpaired) electrons. The molecule has 1 aromatic rings. The standard InChI is InChI=1S/C18H29N3O2/c1-19(2)14-16(15-8-6-5-7-9-15)21(4)17(22)18(23)10-12-20(3)13-11-18/h5-9,16,23H,10-14H2,1-4H3. The smallest absolute Gasteiger partial charge is 0.254 e. The van der Waals surface area contributed by atoms with Crippen LogP contribution in [0.5, 0.6) is 0 Å². The number of carbonyl (C=O) groups excluding carboxylic acids is 1. The highest BCUT2D eigenvalue weighted by Gasteiger charge is 2.42. The van der Waals surface area contributed by atoms with Gasteiger partial charge in [-0.25, -0.2) is 0 Å². The number of carbonyl (C=O) groups is 1. The summed E-state index contributed by atoms with van der Waals surface area (Å²) in [7, 11) is 7.82. The number of aliphatic hydroxyl groups is 1. The molecule has 128 valence electrons. The number of likely N-dealkylation sites (tertiary alicyclic amines) is 1. The van der Waals surface area contributed by atoms with E-state index in [0.29, 0.717) is 12.8 Å². The van der Waals surface area contributed by atoms with Gasteiger partial charge in [-0.3, -0.25) is 4.79 Å². The highest BCUT2D eigenvalue weighted by atomic mass is 16.3. The first-order chi connectivity index (χ1) is 10.8. The summed E-state index contributed by atoms with van der Waals surface area (Å²) >= 11 is 0. The van der Waals surface area contributed by atoms with E-state index >= 15 is 0 Å². The van der Waals surface area contributed by atoms with Gasteiger partial charge < -0.3 is 19.8 Å². The number of hydrogen-bond acceptors (Lipinski definition) is 4. The van der Waals surface area contributed by atoms with Gasteiger partial charge in [-0.1, -0.05) is 30.3 Å². The van der Waals surface area contributed by atoms with Crippen LogP contribution in [0.3, 0.4) is 0 Å². The number of hydrogen-bond donors (Lipinski definition) is 1. The van der Waals surface area contributed by atoms with Crippen molar-refractivity contribution in [2.24, 2.45) is 0 Å². The summed E-state index contributed by atoms with van der Waals surface area (Å²) in [4.78, 5) is 18.9. The molecule has 5 nitrogen and oxygen atoms in total. The number of amides is 1. The molecular formula is C18H29N3O2. The molecule has 5 heteroatoms. The summed E-state index contributed by atoms with van der Waals surface area (Å²) in [5.41, 5.74) is -0.144. The van der Waals surface area contributed by atoms with Crippen LogP contribution >= 0.6 is 0 Å². The normalized spacial score (nSPS) is 19.6. The van der Waals surface area contributed by atoms with Crippen molar-refractivity contribution < 1.29 is 9.90 Å². The molecule has 1 aliphatic rings. The van der Waals surface area contributed by atoms with Crippen molar-refractivity contribution in [3.63, 3.8) is 0 Å². The molecule has 1 amide bonds. The summed E-state index contributed by atoms with van der Waals surface area (Å²) in [6.45, 7) is 2.22. The van der Waals surface area contributed by atoms with Crippen LogP contribution in [0.25, 0.3) is 0 Å². The van der Waals surface area contributed by atoms with Gasteiger partial charge in [0.2, 0.25) is 0 Å². The molecule has 1 atom stereocenters. The second kappa shape index (κ2) is 7.43. The molecule has 1 saturated heterocycles.